The maximum Gasteiger partial charge on any atom is 0.254 e. The normalized spacial score (nSPS) is 14.9. The van der Waals surface area contributed by atoms with Crippen molar-refractivity contribution in [1.29, 1.82) is 0 Å². The Morgan fingerprint density at radius 3 is 2.59 bits per heavy atom. The van der Waals surface area contributed by atoms with Crippen molar-refractivity contribution < 1.29 is 4.79 Å². The van der Waals surface area contributed by atoms with Gasteiger partial charge in [0, 0.05) is 47.9 Å². The molecule has 1 saturated heterocycles. The van der Waals surface area contributed by atoms with Crippen LogP contribution in [0.4, 0.5) is 5.82 Å². The fourth-order valence-corrected chi connectivity index (χ4v) is 4.99. The van der Waals surface area contributed by atoms with Crippen LogP contribution in [0.5, 0.6) is 0 Å². The summed E-state index contributed by atoms with van der Waals surface area (Å²) in [6.45, 7) is 3.10. The first-order chi connectivity index (χ1) is 14.3. The molecule has 0 aliphatic carbocycles. The van der Waals surface area contributed by atoms with E-state index in [4.69, 9.17) is 9.97 Å². The van der Waals surface area contributed by atoms with E-state index in [0.717, 1.165) is 59.7 Å². The van der Waals surface area contributed by atoms with E-state index in [1.54, 1.807) is 22.7 Å². The lowest BCUT2D eigenvalue weighted by Gasteiger charge is -2.24. The lowest BCUT2D eigenvalue weighted by molar-refractivity contribution is 0.0767. The standard InChI is InChI=1S/C22H20N4OS2/c27-22(17-7-13-29-15-17)26-9-3-8-25(10-11-26)21-18-4-1-2-5-19(18)23-20(24-21)16-6-12-28-14-16/h1-2,4-7,12-15H,3,8-11H2. The highest BCUT2D eigenvalue weighted by molar-refractivity contribution is 7.08. The summed E-state index contributed by atoms with van der Waals surface area (Å²) in [5.74, 6) is 1.84. The molecule has 0 saturated carbocycles. The van der Waals surface area contributed by atoms with E-state index in [1.807, 2.05) is 45.3 Å². The largest absolute Gasteiger partial charge is 0.354 e. The number of anilines is 1. The first-order valence-corrected chi connectivity index (χ1v) is 11.5. The summed E-state index contributed by atoms with van der Waals surface area (Å²) in [5.41, 5.74) is 2.79. The zero-order chi connectivity index (χ0) is 19.6. The van der Waals surface area contributed by atoms with Crippen LogP contribution < -0.4 is 4.90 Å². The van der Waals surface area contributed by atoms with Crippen LogP contribution in [0.25, 0.3) is 22.3 Å². The molecule has 4 aromatic rings. The zero-order valence-corrected chi connectivity index (χ0v) is 17.5. The van der Waals surface area contributed by atoms with Crippen molar-refractivity contribution >= 4 is 45.3 Å². The summed E-state index contributed by atoms with van der Waals surface area (Å²) in [6.07, 6.45) is 0.919. The molecule has 0 unspecified atom stereocenters. The highest BCUT2D eigenvalue weighted by atomic mass is 32.1. The minimum Gasteiger partial charge on any atom is -0.354 e. The van der Waals surface area contributed by atoms with Crippen LogP contribution in [0.3, 0.4) is 0 Å². The van der Waals surface area contributed by atoms with Gasteiger partial charge < -0.3 is 9.80 Å². The number of rotatable bonds is 3. The number of hydrogen-bond acceptors (Lipinski definition) is 6. The fourth-order valence-electron chi connectivity index (χ4n) is 3.72. The van der Waals surface area contributed by atoms with Crippen molar-refractivity contribution in [2.45, 2.75) is 6.42 Å². The number of carbonyl (C=O) groups excluding carboxylic acids is 1. The predicted octanol–water partition coefficient (Wildman–Crippen LogP) is 4.77. The van der Waals surface area contributed by atoms with Crippen molar-refractivity contribution in [2.75, 3.05) is 31.1 Å². The molecular weight excluding hydrogens is 400 g/mol. The SMILES string of the molecule is O=C(c1ccsc1)N1CCCN(c2nc(-c3ccsc3)nc3ccccc23)CC1. The van der Waals surface area contributed by atoms with Gasteiger partial charge in [0.05, 0.1) is 11.1 Å². The summed E-state index contributed by atoms with van der Waals surface area (Å²) in [5, 5.41) is 9.07. The van der Waals surface area contributed by atoms with E-state index in [1.165, 1.54) is 0 Å². The van der Waals surface area contributed by atoms with Crippen LogP contribution in [-0.4, -0.2) is 47.0 Å². The van der Waals surface area contributed by atoms with Gasteiger partial charge >= 0.3 is 0 Å². The number of nitrogens with zero attached hydrogens (tertiary/aromatic N) is 4. The first kappa shape index (κ1) is 18.3. The minimum atomic E-state index is 0.125. The third-order valence-electron chi connectivity index (χ3n) is 5.21. The fraction of sp³-hybridized carbons (Fsp3) is 0.227. The second-order valence-electron chi connectivity index (χ2n) is 7.04. The lowest BCUT2D eigenvalue weighted by Crippen LogP contribution is -2.35. The first-order valence-electron chi connectivity index (χ1n) is 9.65. The van der Waals surface area contributed by atoms with Gasteiger partial charge in [-0.25, -0.2) is 9.97 Å². The monoisotopic (exact) mass is 420 g/mol. The Morgan fingerprint density at radius 2 is 1.76 bits per heavy atom. The van der Waals surface area contributed by atoms with E-state index < -0.39 is 0 Å². The van der Waals surface area contributed by atoms with Gasteiger partial charge in [-0.1, -0.05) is 12.1 Å². The van der Waals surface area contributed by atoms with E-state index >= 15 is 0 Å². The highest BCUT2D eigenvalue weighted by Gasteiger charge is 2.23. The number of para-hydroxylation sites is 1. The zero-order valence-electron chi connectivity index (χ0n) is 15.8. The topological polar surface area (TPSA) is 49.3 Å². The summed E-state index contributed by atoms with van der Waals surface area (Å²) < 4.78 is 0. The van der Waals surface area contributed by atoms with Crippen molar-refractivity contribution in [3.8, 4) is 11.4 Å². The molecule has 0 N–H and O–H groups in total. The van der Waals surface area contributed by atoms with Gasteiger partial charge in [-0.3, -0.25) is 4.79 Å². The van der Waals surface area contributed by atoms with Gasteiger partial charge in [-0.15, -0.1) is 0 Å². The Morgan fingerprint density at radius 1 is 0.897 bits per heavy atom. The van der Waals surface area contributed by atoms with Gasteiger partial charge in [0.1, 0.15) is 5.82 Å². The highest BCUT2D eigenvalue weighted by Crippen LogP contribution is 2.29. The summed E-state index contributed by atoms with van der Waals surface area (Å²) in [7, 11) is 0. The van der Waals surface area contributed by atoms with Crippen molar-refractivity contribution in [3.05, 3.63) is 63.5 Å². The maximum atomic E-state index is 12.8. The number of hydrogen-bond donors (Lipinski definition) is 0. The number of aromatic nitrogens is 2. The molecule has 1 amide bonds. The third kappa shape index (κ3) is 3.63. The molecule has 5 rings (SSSR count). The van der Waals surface area contributed by atoms with E-state index in [9.17, 15) is 4.79 Å². The second kappa shape index (κ2) is 7.93. The molecule has 0 bridgehead atoms. The smallest absolute Gasteiger partial charge is 0.254 e. The van der Waals surface area contributed by atoms with E-state index in [2.05, 4.69) is 22.4 Å². The number of amides is 1. The number of thiophene rings is 2. The van der Waals surface area contributed by atoms with Crippen LogP contribution in [-0.2, 0) is 0 Å². The van der Waals surface area contributed by atoms with Crippen molar-refractivity contribution in [2.24, 2.45) is 0 Å². The number of benzene rings is 1. The molecular formula is C22H20N4OS2. The minimum absolute atomic E-state index is 0.125. The van der Waals surface area contributed by atoms with Crippen molar-refractivity contribution in [3.63, 3.8) is 0 Å². The summed E-state index contributed by atoms with van der Waals surface area (Å²) in [6, 6.07) is 12.1. The van der Waals surface area contributed by atoms with Gasteiger partial charge in [0.15, 0.2) is 5.82 Å². The second-order valence-corrected chi connectivity index (χ2v) is 8.60. The summed E-state index contributed by atoms with van der Waals surface area (Å²) >= 11 is 3.21. The molecule has 0 atom stereocenters. The predicted molar refractivity (Wildman–Crippen MR) is 120 cm³/mol. The van der Waals surface area contributed by atoms with Gasteiger partial charge in [0.2, 0.25) is 0 Å². The molecule has 1 fully saturated rings. The average Bonchev–Trinajstić information content (AvgIpc) is 3.43. The van der Waals surface area contributed by atoms with Gasteiger partial charge in [-0.05, 0) is 41.4 Å². The Hall–Kier alpha value is -2.77. The Labute approximate surface area is 177 Å². The van der Waals surface area contributed by atoms with Crippen molar-refractivity contribution in [1.82, 2.24) is 14.9 Å². The lowest BCUT2D eigenvalue weighted by atomic mass is 10.2. The van der Waals surface area contributed by atoms with Gasteiger partial charge in [-0.2, -0.15) is 22.7 Å². The molecule has 1 aromatic carbocycles. The molecule has 7 heteroatoms. The third-order valence-corrected chi connectivity index (χ3v) is 6.58. The molecule has 0 radical (unpaired) electrons. The molecule has 146 valence electrons. The number of fused-ring (bicyclic) bond motifs is 1. The molecule has 4 heterocycles. The Kier molecular flexibility index (Phi) is 4.99. The van der Waals surface area contributed by atoms with E-state index in [-0.39, 0.29) is 5.91 Å². The quantitative estimate of drug-likeness (QED) is 0.479. The van der Waals surface area contributed by atoms with Crippen LogP contribution in [0.2, 0.25) is 0 Å². The molecule has 0 spiro atoms. The molecule has 5 nitrogen and oxygen atoms in total. The average molecular weight is 421 g/mol. The van der Waals surface area contributed by atoms with Gasteiger partial charge in [0.25, 0.3) is 5.91 Å². The van der Waals surface area contributed by atoms with Crippen LogP contribution in [0.1, 0.15) is 16.8 Å². The molecule has 1 aliphatic rings. The summed E-state index contributed by atoms with van der Waals surface area (Å²) in [4.78, 5) is 26.8. The van der Waals surface area contributed by atoms with Crippen LogP contribution >= 0.6 is 22.7 Å². The molecule has 29 heavy (non-hydrogen) atoms. The molecule has 3 aromatic heterocycles. The van der Waals surface area contributed by atoms with E-state index in [0.29, 0.717) is 6.54 Å². The van der Waals surface area contributed by atoms with Crippen LogP contribution in [0, 0.1) is 0 Å². The van der Waals surface area contributed by atoms with Crippen LogP contribution in [0.15, 0.2) is 57.9 Å². The Bertz CT molecular complexity index is 1130. The molecule has 1 aliphatic heterocycles. The Balaban J connectivity index is 1.46. The number of carbonyl (C=O) groups is 1. The maximum absolute atomic E-state index is 12.8.